The molecule has 0 aliphatic carbocycles. The predicted octanol–water partition coefficient (Wildman–Crippen LogP) is 1.48. The van der Waals surface area contributed by atoms with Crippen molar-refractivity contribution < 1.29 is 24.2 Å². The fourth-order valence-corrected chi connectivity index (χ4v) is 1.88. The van der Waals surface area contributed by atoms with Crippen molar-refractivity contribution in [3.05, 3.63) is 53.6 Å². The minimum Gasteiger partial charge on any atom is -0.508 e. The lowest BCUT2D eigenvalue weighted by molar-refractivity contribution is 0.0846. The van der Waals surface area contributed by atoms with Crippen LogP contribution in [-0.2, 0) is 0 Å². The number of hydrogen-bond donors (Lipinski definition) is 3. The van der Waals surface area contributed by atoms with Crippen molar-refractivity contribution in [1.82, 2.24) is 10.9 Å². The number of phenols is 1. The van der Waals surface area contributed by atoms with Crippen LogP contribution in [0.25, 0.3) is 0 Å². The van der Waals surface area contributed by atoms with Gasteiger partial charge in [0.2, 0.25) is 0 Å². The Kier molecular flexibility index (Phi) is 5.03. The van der Waals surface area contributed by atoms with Gasteiger partial charge >= 0.3 is 0 Å². The van der Waals surface area contributed by atoms with Crippen molar-refractivity contribution >= 4 is 11.8 Å². The van der Waals surface area contributed by atoms with E-state index >= 15 is 0 Å². The van der Waals surface area contributed by atoms with Crippen LogP contribution in [0.5, 0.6) is 17.2 Å². The standard InChI is InChI=1S/C16H16N2O5/c1-22-13-7-6-11(9-14(13)23-2)16(21)18-17-15(20)10-4-3-5-12(19)8-10/h3-9,19H,1-2H3,(H,17,20)(H,18,21). The molecule has 7 nitrogen and oxygen atoms in total. The zero-order valence-electron chi connectivity index (χ0n) is 12.6. The van der Waals surface area contributed by atoms with Crippen molar-refractivity contribution in [2.75, 3.05) is 14.2 Å². The summed E-state index contributed by atoms with van der Waals surface area (Å²) in [6.07, 6.45) is 0. The van der Waals surface area contributed by atoms with Crippen LogP contribution < -0.4 is 20.3 Å². The summed E-state index contributed by atoms with van der Waals surface area (Å²) in [5, 5.41) is 9.33. The number of benzene rings is 2. The van der Waals surface area contributed by atoms with Gasteiger partial charge in [-0.15, -0.1) is 0 Å². The Hall–Kier alpha value is -3.22. The Morgan fingerprint density at radius 3 is 2.04 bits per heavy atom. The van der Waals surface area contributed by atoms with Gasteiger partial charge in [-0.1, -0.05) is 6.07 Å². The van der Waals surface area contributed by atoms with Gasteiger partial charge in [0.25, 0.3) is 11.8 Å². The summed E-state index contributed by atoms with van der Waals surface area (Å²) < 4.78 is 10.2. The van der Waals surface area contributed by atoms with E-state index in [0.717, 1.165) is 0 Å². The van der Waals surface area contributed by atoms with Crippen molar-refractivity contribution in [1.29, 1.82) is 0 Å². The first-order valence-electron chi connectivity index (χ1n) is 6.67. The average Bonchev–Trinajstić information content (AvgIpc) is 2.58. The van der Waals surface area contributed by atoms with Crippen molar-refractivity contribution in [3.63, 3.8) is 0 Å². The smallest absolute Gasteiger partial charge is 0.269 e. The van der Waals surface area contributed by atoms with E-state index in [1.165, 1.54) is 50.6 Å². The highest BCUT2D eigenvalue weighted by Gasteiger charge is 2.12. The maximum Gasteiger partial charge on any atom is 0.269 e. The second-order valence-corrected chi connectivity index (χ2v) is 4.53. The van der Waals surface area contributed by atoms with Crippen LogP contribution in [0, 0.1) is 0 Å². The van der Waals surface area contributed by atoms with Crippen molar-refractivity contribution in [2.45, 2.75) is 0 Å². The SMILES string of the molecule is COc1ccc(C(=O)NNC(=O)c2cccc(O)c2)cc1OC. The molecule has 2 amide bonds. The number of amides is 2. The molecule has 0 heterocycles. The van der Waals surface area contributed by atoms with E-state index in [4.69, 9.17) is 9.47 Å². The molecule has 2 aromatic carbocycles. The van der Waals surface area contributed by atoms with Crippen LogP contribution in [-0.4, -0.2) is 31.1 Å². The van der Waals surface area contributed by atoms with Gasteiger partial charge < -0.3 is 14.6 Å². The third kappa shape index (κ3) is 3.91. The highest BCUT2D eigenvalue weighted by molar-refractivity contribution is 5.99. The molecule has 0 aliphatic rings. The number of aromatic hydroxyl groups is 1. The molecule has 2 aromatic rings. The van der Waals surface area contributed by atoms with Gasteiger partial charge in [-0.2, -0.15) is 0 Å². The Morgan fingerprint density at radius 2 is 1.48 bits per heavy atom. The molecule has 120 valence electrons. The van der Waals surface area contributed by atoms with Gasteiger partial charge in [-0.25, -0.2) is 0 Å². The van der Waals surface area contributed by atoms with E-state index < -0.39 is 11.8 Å². The van der Waals surface area contributed by atoms with Gasteiger partial charge in [-0.05, 0) is 36.4 Å². The lowest BCUT2D eigenvalue weighted by Gasteiger charge is -2.10. The summed E-state index contributed by atoms with van der Waals surface area (Å²) in [6, 6.07) is 10.4. The quantitative estimate of drug-likeness (QED) is 0.743. The van der Waals surface area contributed by atoms with E-state index in [-0.39, 0.29) is 11.3 Å². The molecule has 0 unspecified atom stereocenters. The summed E-state index contributed by atoms with van der Waals surface area (Å²) in [4.78, 5) is 23.9. The normalized spacial score (nSPS) is 9.83. The maximum atomic E-state index is 12.0. The van der Waals surface area contributed by atoms with E-state index in [1.807, 2.05) is 0 Å². The van der Waals surface area contributed by atoms with Gasteiger partial charge in [0.15, 0.2) is 11.5 Å². The molecular formula is C16H16N2O5. The second kappa shape index (κ2) is 7.17. The Morgan fingerprint density at radius 1 is 0.870 bits per heavy atom. The molecule has 0 spiro atoms. The molecule has 0 radical (unpaired) electrons. The van der Waals surface area contributed by atoms with Crippen molar-refractivity contribution in [2.24, 2.45) is 0 Å². The molecule has 0 aromatic heterocycles. The number of ether oxygens (including phenoxy) is 2. The first-order chi connectivity index (χ1) is 11.0. The van der Waals surface area contributed by atoms with Crippen LogP contribution in [0.2, 0.25) is 0 Å². The Balaban J connectivity index is 2.03. The van der Waals surface area contributed by atoms with E-state index in [0.29, 0.717) is 17.1 Å². The third-order valence-electron chi connectivity index (χ3n) is 3.04. The minimum absolute atomic E-state index is 0.0381. The lowest BCUT2D eigenvalue weighted by atomic mass is 10.2. The van der Waals surface area contributed by atoms with Crippen molar-refractivity contribution in [3.8, 4) is 17.2 Å². The Bertz CT molecular complexity index is 730. The van der Waals surface area contributed by atoms with Gasteiger partial charge in [0.05, 0.1) is 14.2 Å². The minimum atomic E-state index is -0.547. The van der Waals surface area contributed by atoms with E-state index in [9.17, 15) is 14.7 Å². The molecular weight excluding hydrogens is 300 g/mol. The summed E-state index contributed by atoms with van der Waals surface area (Å²) in [5.74, 6) is -0.203. The van der Waals surface area contributed by atoms with Gasteiger partial charge in [-0.3, -0.25) is 20.4 Å². The number of carbonyl (C=O) groups excluding carboxylic acids is 2. The fraction of sp³-hybridized carbons (Fsp3) is 0.125. The number of carbonyl (C=O) groups is 2. The maximum absolute atomic E-state index is 12.0. The first-order valence-corrected chi connectivity index (χ1v) is 6.67. The van der Waals surface area contributed by atoms with E-state index in [1.54, 1.807) is 6.07 Å². The molecule has 0 bridgehead atoms. The topological polar surface area (TPSA) is 96.9 Å². The molecule has 0 saturated carbocycles. The molecule has 3 N–H and O–H groups in total. The molecule has 0 fully saturated rings. The summed E-state index contributed by atoms with van der Waals surface area (Å²) >= 11 is 0. The molecule has 7 heteroatoms. The number of nitrogens with one attached hydrogen (secondary N) is 2. The van der Waals surface area contributed by atoms with Crippen LogP contribution in [0.1, 0.15) is 20.7 Å². The largest absolute Gasteiger partial charge is 0.508 e. The molecule has 2 rings (SSSR count). The van der Waals surface area contributed by atoms with E-state index in [2.05, 4.69) is 10.9 Å². The number of rotatable bonds is 4. The number of hydrazine groups is 1. The third-order valence-corrected chi connectivity index (χ3v) is 3.04. The highest BCUT2D eigenvalue weighted by atomic mass is 16.5. The van der Waals surface area contributed by atoms with Crippen LogP contribution >= 0.6 is 0 Å². The zero-order chi connectivity index (χ0) is 16.8. The predicted molar refractivity (Wildman–Crippen MR) is 82.6 cm³/mol. The molecule has 0 aliphatic heterocycles. The fourth-order valence-electron chi connectivity index (χ4n) is 1.88. The number of phenolic OH excluding ortho intramolecular Hbond substituents is 1. The first kappa shape index (κ1) is 16.2. The highest BCUT2D eigenvalue weighted by Crippen LogP contribution is 2.27. The number of hydrogen-bond acceptors (Lipinski definition) is 5. The molecule has 23 heavy (non-hydrogen) atoms. The zero-order valence-corrected chi connectivity index (χ0v) is 12.6. The summed E-state index contributed by atoms with van der Waals surface area (Å²) in [6.45, 7) is 0. The monoisotopic (exact) mass is 316 g/mol. The summed E-state index contributed by atoms with van der Waals surface area (Å²) in [7, 11) is 2.95. The molecule has 0 atom stereocenters. The van der Waals surface area contributed by atoms with Crippen LogP contribution in [0.15, 0.2) is 42.5 Å². The second-order valence-electron chi connectivity index (χ2n) is 4.53. The van der Waals surface area contributed by atoms with Crippen LogP contribution in [0.3, 0.4) is 0 Å². The van der Waals surface area contributed by atoms with Crippen LogP contribution in [0.4, 0.5) is 0 Å². The Labute approximate surface area is 132 Å². The van der Waals surface area contributed by atoms with Gasteiger partial charge in [0, 0.05) is 11.1 Å². The molecule has 0 saturated heterocycles. The average molecular weight is 316 g/mol. The number of methoxy groups -OCH3 is 2. The lowest BCUT2D eigenvalue weighted by Crippen LogP contribution is -2.41. The van der Waals surface area contributed by atoms with Gasteiger partial charge in [0.1, 0.15) is 5.75 Å². The summed E-state index contributed by atoms with van der Waals surface area (Å²) in [5.41, 5.74) is 5.07.